The van der Waals surface area contributed by atoms with Gasteiger partial charge in [-0.15, -0.1) is 11.3 Å². The number of carbonyl (C=O) groups excluding carboxylic acids is 1. The first-order valence-electron chi connectivity index (χ1n) is 5.82. The first-order valence-corrected chi connectivity index (χ1v) is 6.70. The summed E-state index contributed by atoms with van der Waals surface area (Å²) in [4.78, 5) is 26.0. The summed E-state index contributed by atoms with van der Waals surface area (Å²) in [5.41, 5.74) is -0.00748. The molecule has 0 aliphatic heterocycles. The van der Waals surface area contributed by atoms with Gasteiger partial charge in [-0.05, 0) is 13.8 Å². The number of urea groups is 1. The smallest absolute Gasteiger partial charge is 0.355 e. The molecule has 7 nitrogen and oxygen atoms in total. The minimum absolute atomic E-state index is 0.00748. The highest BCUT2D eigenvalue weighted by molar-refractivity contribution is 7.09. The Morgan fingerprint density at radius 3 is 2.89 bits per heavy atom. The average molecular weight is 287 g/mol. The van der Waals surface area contributed by atoms with Gasteiger partial charge in [-0.1, -0.05) is 0 Å². The maximum Gasteiger partial charge on any atom is 0.355 e. The molecule has 0 spiro atoms. The fourth-order valence-corrected chi connectivity index (χ4v) is 1.97. The molecule has 1 aromatic heterocycles. The number of nitrogens with zero attached hydrogens (tertiary/aromatic N) is 1. The van der Waals surface area contributed by atoms with Gasteiger partial charge in [0.1, 0.15) is 5.01 Å². The van der Waals surface area contributed by atoms with Gasteiger partial charge in [-0.2, -0.15) is 0 Å². The van der Waals surface area contributed by atoms with Crippen LogP contribution in [0.3, 0.4) is 0 Å². The minimum Gasteiger partial charge on any atom is -0.476 e. The molecule has 1 unspecified atom stereocenters. The summed E-state index contributed by atoms with van der Waals surface area (Å²) < 4.78 is 5.17. The number of nitrogens with one attached hydrogen (secondary N) is 2. The molecule has 1 rings (SSSR count). The van der Waals surface area contributed by atoms with Gasteiger partial charge in [0.05, 0.1) is 19.2 Å². The van der Waals surface area contributed by atoms with Crippen molar-refractivity contribution in [1.82, 2.24) is 15.6 Å². The fourth-order valence-electron chi connectivity index (χ4n) is 1.26. The van der Waals surface area contributed by atoms with Crippen LogP contribution < -0.4 is 10.6 Å². The maximum absolute atomic E-state index is 11.5. The molecule has 0 radical (unpaired) electrons. The van der Waals surface area contributed by atoms with Gasteiger partial charge in [-0.3, -0.25) is 0 Å². The van der Waals surface area contributed by atoms with Gasteiger partial charge in [0.25, 0.3) is 0 Å². The van der Waals surface area contributed by atoms with Crippen LogP contribution in [0.25, 0.3) is 0 Å². The standard InChI is InChI=1S/C11H17N3O4S/c1-3-18-5-7(2)13-11(17)12-4-9-14-8(6-19-9)10(15)16/h6-7H,3-5H2,1-2H3,(H,15,16)(H2,12,13,17). The molecule has 0 aromatic carbocycles. The molecule has 0 saturated heterocycles. The second kappa shape index (κ2) is 7.70. The van der Waals surface area contributed by atoms with Crippen LogP contribution in [0, 0.1) is 0 Å². The number of carboxylic acid groups (broad SMARTS) is 1. The highest BCUT2D eigenvalue weighted by Crippen LogP contribution is 2.09. The number of rotatable bonds is 7. The second-order valence-corrected chi connectivity index (χ2v) is 4.76. The van der Waals surface area contributed by atoms with Crippen molar-refractivity contribution in [2.75, 3.05) is 13.2 Å². The summed E-state index contributed by atoms with van der Waals surface area (Å²) in [5, 5.41) is 16.0. The van der Waals surface area contributed by atoms with Crippen molar-refractivity contribution in [1.29, 1.82) is 0 Å². The van der Waals surface area contributed by atoms with Crippen LogP contribution in [0.1, 0.15) is 29.3 Å². The Kier molecular flexibility index (Phi) is 6.23. The summed E-state index contributed by atoms with van der Waals surface area (Å²) in [7, 11) is 0. The summed E-state index contributed by atoms with van der Waals surface area (Å²) in [6, 6.07) is -0.426. The number of thiazole rings is 1. The van der Waals surface area contributed by atoms with Gasteiger partial charge < -0.3 is 20.5 Å². The van der Waals surface area contributed by atoms with Crippen LogP contribution >= 0.6 is 11.3 Å². The predicted molar refractivity (Wildman–Crippen MR) is 70.4 cm³/mol. The molecule has 3 N–H and O–H groups in total. The van der Waals surface area contributed by atoms with E-state index in [4.69, 9.17) is 9.84 Å². The number of amides is 2. The average Bonchev–Trinajstić information content (AvgIpc) is 2.83. The number of hydrogen-bond acceptors (Lipinski definition) is 5. The van der Waals surface area contributed by atoms with E-state index < -0.39 is 5.97 Å². The van der Waals surface area contributed by atoms with E-state index in [0.717, 1.165) is 0 Å². The van der Waals surface area contributed by atoms with E-state index in [2.05, 4.69) is 15.6 Å². The molecule has 8 heteroatoms. The zero-order valence-electron chi connectivity index (χ0n) is 10.8. The zero-order valence-corrected chi connectivity index (χ0v) is 11.6. The lowest BCUT2D eigenvalue weighted by Gasteiger charge is -2.13. The van der Waals surface area contributed by atoms with Crippen molar-refractivity contribution in [3.05, 3.63) is 16.1 Å². The van der Waals surface area contributed by atoms with Crippen molar-refractivity contribution >= 4 is 23.3 Å². The Bertz CT molecular complexity index is 435. The van der Waals surface area contributed by atoms with Crippen molar-refractivity contribution in [3.8, 4) is 0 Å². The van der Waals surface area contributed by atoms with E-state index in [1.165, 1.54) is 16.7 Å². The third-order valence-electron chi connectivity index (χ3n) is 2.12. The highest BCUT2D eigenvalue weighted by atomic mass is 32.1. The first kappa shape index (κ1) is 15.4. The predicted octanol–water partition coefficient (Wildman–Crippen LogP) is 1.07. The lowest BCUT2D eigenvalue weighted by Crippen LogP contribution is -2.42. The van der Waals surface area contributed by atoms with Crippen LogP contribution in [-0.4, -0.2) is 41.3 Å². The monoisotopic (exact) mass is 287 g/mol. The van der Waals surface area contributed by atoms with E-state index >= 15 is 0 Å². The number of carboxylic acids is 1. The van der Waals surface area contributed by atoms with E-state index in [1.54, 1.807) is 0 Å². The number of hydrogen-bond donors (Lipinski definition) is 3. The zero-order chi connectivity index (χ0) is 14.3. The van der Waals surface area contributed by atoms with Crippen LogP contribution in [0.4, 0.5) is 4.79 Å². The van der Waals surface area contributed by atoms with Gasteiger partial charge in [-0.25, -0.2) is 14.6 Å². The molecule has 0 aliphatic carbocycles. The number of carbonyl (C=O) groups is 2. The van der Waals surface area contributed by atoms with E-state index in [1.807, 2.05) is 13.8 Å². The topological polar surface area (TPSA) is 101 Å². The number of aromatic carboxylic acids is 1. The van der Waals surface area contributed by atoms with Crippen LogP contribution in [0.2, 0.25) is 0 Å². The van der Waals surface area contributed by atoms with Crippen molar-refractivity contribution in [2.45, 2.75) is 26.4 Å². The second-order valence-electron chi connectivity index (χ2n) is 3.82. The van der Waals surface area contributed by atoms with Crippen LogP contribution in [0.15, 0.2) is 5.38 Å². The summed E-state index contributed by atoms with van der Waals surface area (Å²) in [6.07, 6.45) is 0. The minimum atomic E-state index is -1.07. The molecule has 0 fully saturated rings. The fraction of sp³-hybridized carbons (Fsp3) is 0.545. The van der Waals surface area contributed by atoms with Crippen molar-refractivity contribution < 1.29 is 19.4 Å². The lowest BCUT2D eigenvalue weighted by molar-refractivity contribution is 0.0691. The Labute approximate surface area is 115 Å². The molecule has 106 valence electrons. The van der Waals surface area contributed by atoms with Crippen LogP contribution in [-0.2, 0) is 11.3 Å². The highest BCUT2D eigenvalue weighted by Gasteiger charge is 2.10. The molecule has 0 aliphatic rings. The lowest BCUT2D eigenvalue weighted by atomic mass is 10.4. The normalized spacial score (nSPS) is 11.9. The maximum atomic E-state index is 11.5. The molecular weight excluding hydrogens is 270 g/mol. The van der Waals surface area contributed by atoms with Gasteiger partial charge in [0, 0.05) is 12.0 Å². The summed E-state index contributed by atoms with van der Waals surface area (Å²) in [6.45, 7) is 4.97. The third-order valence-corrected chi connectivity index (χ3v) is 2.97. The molecule has 0 saturated carbocycles. The van der Waals surface area contributed by atoms with Gasteiger partial charge >= 0.3 is 12.0 Å². The molecule has 0 bridgehead atoms. The molecule has 1 atom stereocenters. The molecular formula is C11H17N3O4S. The van der Waals surface area contributed by atoms with Crippen molar-refractivity contribution in [3.63, 3.8) is 0 Å². The van der Waals surface area contributed by atoms with Crippen molar-refractivity contribution in [2.24, 2.45) is 0 Å². The number of aromatic nitrogens is 1. The molecule has 2 amide bonds. The molecule has 19 heavy (non-hydrogen) atoms. The van der Waals surface area contributed by atoms with E-state index in [-0.39, 0.29) is 24.3 Å². The molecule has 1 heterocycles. The first-order chi connectivity index (χ1) is 9.02. The van der Waals surface area contributed by atoms with Gasteiger partial charge in [0.15, 0.2) is 5.69 Å². The quantitative estimate of drug-likeness (QED) is 0.696. The largest absolute Gasteiger partial charge is 0.476 e. The summed E-state index contributed by atoms with van der Waals surface area (Å²) >= 11 is 1.19. The Hall–Kier alpha value is -1.67. The third kappa shape index (κ3) is 5.66. The summed E-state index contributed by atoms with van der Waals surface area (Å²) in [5.74, 6) is -1.07. The Morgan fingerprint density at radius 1 is 1.58 bits per heavy atom. The van der Waals surface area contributed by atoms with Gasteiger partial charge in [0.2, 0.25) is 0 Å². The Morgan fingerprint density at radius 2 is 2.32 bits per heavy atom. The van der Waals surface area contributed by atoms with E-state index in [0.29, 0.717) is 18.2 Å². The van der Waals surface area contributed by atoms with E-state index in [9.17, 15) is 9.59 Å². The molecule has 1 aromatic rings. The number of ether oxygens (including phenoxy) is 1. The Balaban J connectivity index is 2.31. The van der Waals surface area contributed by atoms with Crippen LogP contribution in [0.5, 0.6) is 0 Å². The SMILES string of the molecule is CCOCC(C)NC(=O)NCc1nc(C(=O)O)cs1.